The molecule has 0 aliphatic carbocycles. The number of halogens is 2. The number of hydrogen-bond acceptors (Lipinski definition) is 2. The van der Waals surface area contributed by atoms with Gasteiger partial charge in [-0.05, 0) is 11.6 Å². The van der Waals surface area contributed by atoms with Gasteiger partial charge in [0.2, 0.25) is 0 Å². The van der Waals surface area contributed by atoms with Gasteiger partial charge in [0.05, 0.1) is 0 Å². The van der Waals surface area contributed by atoms with Crippen molar-refractivity contribution in [2.75, 3.05) is 38.1 Å². The monoisotopic (exact) mass is 316 g/mol. The fraction of sp³-hybridized carbons (Fsp3) is 0.538. The van der Waals surface area contributed by atoms with E-state index < -0.39 is 0 Å². The molecule has 1 aromatic carbocycles. The van der Waals surface area contributed by atoms with Crippen molar-refractivity contribution in [3.8, 4) is 0 Å². The molecule has 1 heterocycles. The number of piperazine rings is 1. The standard InChI is InChI=1S/C13H18BrClN2/c14-5-6-16-7-9-17(10-8-16)11-12-3-1-2-4-13(12)15/h1-4H,5-11H2. The summed E-state index contributed by atoms with van der Waals surface area (Å²) in [5, 5.41) is 1.95. The topological polar surface area (TPSA) is 6.48 Å². The first-order valence-electron chi connectivity index (χ1n) is 6.03. The quantitative estimate of drug-likeness (QED) is 0.788. The number of alkyl halides is 1. The Labute approximate surface area is 117 Å². The summed E-state index contributed by atoms with van der Waals surface area (Å²) in [5.74, 6) is 0. The second-order valence-corrected chi connectivity index (χ2v) is 5.60. The molecule has 0 saturated carbocycles. The minimum Gasteiger partial charge on any atom is -0.300 e. The Kier molecular flexibility index (Phi) is 5.29. The van der Waals surface area contributed by atoms with Gasteiger partial charge in [-0.3, -0.25) is 9.80 Å². The van der Waals surface area contributed by atoms with Crippen LogP contribution in [0.15, 0.2) is 24.3 Å². The minimum atomic E-state index is 0.885. The molecule has 0 amide bonds. The van der Waals surface area contributed by atoms with E-state index in [-0.39, 0.29) is 0 Å². The highest BCUT2D eigenvalue weighted by atomic mass is 79.9. The average molecular weight is 318 g/mol. The second-order valence-electron chi connectivity index (χ2n) is 4.40. The lowest BCUT2D eigenvalue weighted by Gasteiger charge is -2.34. The molecule has 0 unspecified atom stereocenters. The maximum absolute atomic E-state index is 6.18. The van der Waals surface area contributed by atoms with Gasteiger partial charge >= 0.3 is 0 Å². The summed E-state index contributed by atoms with van der Waals surface area (Å²) in [7, 11) is 0. The summed E-state index contributed by atoms with van der Waals surface area (Å²) in [5.41, 5.74) is 1.24. The van der Waals surface area contributed by atoms with Crippen LogP contribution in [0.25, 0.3) is 0 Å². The maximum Gasteiger partial charge on any atom is 0.0451 e. The van der Waals surface area contributed by atoms with Crippen LogP contribution in [0.2, 0.25) is 5.02 Å². The molecule has 0 aromatic heterocycles. The Morgan fingerprint density at radius 2 is 1.71 bits per heavy atom. The normalized spacial score (nSPS) is 18.5. The van der Waals surface area contributed by atoms with Gasteiger partial charge in [-0.1, -0.05) is 45.7 Å². The first-order valence-corrected chi connectivity index (χ1v) is 7.53. The summed E-state index contributed by atoms with van der Waals surface area (Å²) in [4.78, 5) is 4.98. The average Bonchev–Trinajstić information content (AvgIpc) is 2.35. The molecule has 94 valence electrons. The van der Waals surface area contributed by atoms with E-state index >= 15 is 0 Å². The van der Waals surface area contributed by atoms with Crippen LogP contribution in [0.3, 0.4) is 0 Å². The molecular weight excluding hydrogens is 300 g/mol. The van der Waals surface area contributed by atoms with Crippen molar-refractivity contribution in [1.29, 1.82) is 0 Å². The van der Waals surface area contributed by atoms with Crippen LogP contribution in [0.1, 0.15) is 5.56 Å². The number of benzene rings is 1. The zero-order valence-electron chi connectivity index (χ0n) is 9.91. The zero-order chi connectivity index (χ0) is 12.1. The first kappa shape index (κ1) is 13.3. The second kappa shape index (κ2) is 6.74. The first-order chi connectivity index (χ1) is 8.29. The molecule has 0 radical (unpaired) electrons. The summed E-state index contributed by atoms with van der Waals surface area (Å²) < 4.78 is 0. The molecule has 1 aliphatic heterocycles. The van der Waals surface area contributed by atoms with Gasteiger partial charge in [0.1, 0.15) is 0 Å². The van der Waals surface area contributed by atoms with Crippen LogP contribution in [-0.4, -0.2) is 47.9 Å². The summed E-state index contributed by atoms with van der Waals surface area (Å²) in [6.07, 6.45) is 0. The van der Waals surface area contributed by atoms with Gasteiger partial charge in [0, 0.05) is 49.6 Å². The van der Waals surface area contributed by atoms with Crippen molar-refractivity contribution in [2.45, 2.75) is 6.54 Å². The Morgan fingerprint density at radius 1 is 1.06 bits per heavy atom. The smallest absolute Gasteiger partial charge is 0.0451 e. The summed E-state index contributed by atoms with van der Waals surface area (Å²) in [6.45, 7) is 6.73. The molecule has 17 heavy (non-hydrogen) atoms. The van der Waals surface area contributed by atoms with Gasteiger partial charge < -0.3 is 0 Å². The van der Waals surface area contributed by atoms with E-state index in [1.165, 1.54) is 5.56 Å². The predicted molar refractivity (Wildman–Crippen MR) is 77.0 cm³/mol. The largest absolute Gasteiger partial charge is 0.300 e. The van der Waals surface area contributed by atoms with Crippen molar-refractivity contribution in [1.82, 2.24) is 9.80 Å². The minimum absolute atomic E-state index is 0.885. The third kappa shape index (κ3) is 3.95. The molecule has 1 aliphatic rings. The van der Waals surface area contributed by atoms with Crippen LogP contribution >= 0.6 is 27.5 Å². The van der Waals surface area contributed by atoms with Crippen molar-refractivity contribution in [3.05, 3.63) is 34.9 Å². The molecular formula is C13H18BrClN2. The Balaban J connectivity index is 1.84. The van der Waals surface area contributed by atoms with Gasteiger partial charge in [0.15, 0.2) is 0 Å². The number of rotatable bonds is 4. The molecule has 1 aromatic rings. The molecule has 0 atom stereocenters. The van der Waals surface area contributed by atoms with Crippen LogP contribution in [0.4, 0.5) is 0 Å². The predicted octanol–water partition coefficient (Wildman–Crippen LogP) is 2.85. The molecule has 2 rings (SSSR count). The third-order valence-electron chi connectivity index (χ3n) is 3.22. The summed E-state index contributed by atoms with van der Waals surface area (Å²) in [6, 6.07) is 8.13. The lowest BCUT2D eigenvalue weighted by Crippen LogP contribution is -2.46. The fourth-order valence-corrected chi connectivity index (χ4v) is 2.86. The fourth-order valence-electron chi connectivity index (χ4n) is 2.16. The van der Waals surface area contributed by atoms with E-state index in [4.69, 9.17) is 11.6 Å². The highest BCUT2D eigenvalue weighted by Crippen LogP contribution is 2.17. The van der Waals surface area contributed by atoms with E-state index in [0.717, 1.165) is 49.6 Å². The van der Waals surface area contributed by atoms with Crippen molar-refractivity contribution >= 4 is 27.5 Å². The lowest BCUT2D eigenvalue weighted by atomic mass is 10.2. The Hall–Kier alpha value is -0.0900. The Bertz CT molecular complexity index is 351. The highest BCUT2D eigenvalue weighted by Gasteiger charge is 2.16. The molecule has 0 spiro atoms. The molecule has 0 N–H and O–H groups in total. The van der Waals surface area contributed by atoms with Gasteiger partial charge in [-0.25, -0.2) is 0 Å². The maximum atomic E-state index is 6.18. The molecule has 2 nitrogen and oxygen atoms in total. The van der Waals surface area contributed by atoms with E-state index in [9.17, 15) is 0 Å². The van der Waals surface area contributed by atoms with Crippen LogP contribution in [0, 0.1) is 0 Å². The van der Waals surface area contributed by atoms with Gasteiger partial charge in [-0.15, -0.1) is 0 Å². The van der Waals surface area contributed by atoms with Crippen molar-refractivity contribution in [2.24, 2.45) is 0 Å². The molecule has 1 fully saturated rings. The molecule has 4 heteroatoms. The lowest BCUT2D eigenvalue weighted by molar-refractivity contribution is 0.133. The molecule has 0 bridgehead atoms. The van der Waals surface area contributed by atoms with Crippen molar-refractivity contribution < 1.29 is 0 Å². The summed E-state index contributed by atoms with van der Waals surface area (Å²) >= 11 is 9.67. The number of hydrogen-bond donors (Lipinski definition) is 0. The van der Waals surface area contributed by atoms with Gasteiger partial charge in [-0.2, -0.15) is 0 Å². The van der Waals surface area contributed by atoms with E-state index in [0.29, 0.717) is 0 Å². The van der Waals surface area contributed by atoms with E-state index in [2.05, 4.69) is 37.9 Å². The van der Waals surface area contributed by atoms with E-state index in [1.54, 1.807) is 0 Å². The van der Waals surface area contributed by atoms with Crippen LogP contribution in [0.5, 0.6) is 0 Å². The Morgan fingerprint density at radius 3 is 2.35 bits per heavy atom. The SMILES string of the molecule is Clc1ccccc1CN1CCN(CCBr)CC1. The van der Waals surface area contributed by atoms with Crippen molar-refractivity contribution in [3.63, 3.8) is 0 Å². The third-order valence-corrected chi connectivity index (χ3v) is 3.94. The number of nitrogens with zero attached hydrogens (tertiary/aromatic N) is 2. The van der Waals surface area contributed by atoms with Gasteiger partial charge in [0.25, 0.3) is 0 Å². The zero-order valence-corrected chi connectivity index (χ0v) is 12.3. The van der Waals surface area contributed by atoms with E-state index in [1.807, 2.05) is 12.1 Å². The highest BCUT2D eigenvalue weighted by molar-refractivity contribution is 9.09. The molecule has 1 saturated heterocycles. The van der Waals surface area contributed by atoms with Crippen LogP contribution in [-0.2, 0) is 6.54 Å². The van der Waals surface area contributed by atoms with Crippen LogP contribution < -0.4 is 0 Å².